The van der Waals surface area contributed by atoms with Gasteiger partial charge in [-0.05, 0) is 24.7 Å². The van der Waals surface area contributed by atoms with Crippen molar-refractivity contribution in [2.24, 2.45) is 17.6 Å². The van der Waals surface area contributed by atoms with Crippen LogP contribution in [0.25, 0.3) is 0 Å². The molecule has 1 aromatic rings. The number of rotatable bonds is 13. The number of carbonyl (C=O) groups is 4. The fourth-order valence-corrected chi connectivity index (χ4v) is 2.98. The number of carboxylic acid groups (broad SMARTS) is 1. The molecule has 1 heterocycles. The van der Waals surface area contributed by atoms with Crippen molar-refractivity contribution in [1.82, 2.24) is 25.9 Å². The van der Waals surface area contributed by atoms with Gasteiger partial charge in [-0.15, -0.1) is 0 Å². The molecule has 11 heteroatoms. The summed E-state index contributed by atoms with van der Waals surface area (Å²) in [4.78, 5) is 55.4. The number of aromatic amines is 1. The molecule has 7 N–H and O–H groups in total. The summed E-state index contributed by atoms with van der Waals surface area (Å²) in [5, 5.41) is 16.4. The Morgan fingerprint density at radius 1 is 1.00 bits per heavy atom. The molecule has 3 amide bonds. The number of amides is 3. The largest absolute Gasteiger partial charge is 0.480 e. The van der Waals surface area contributed by atoms with Crippen molar-refractivity contribution in [3.05, 3.63) is 18.2 Å². The number of carbonyl (C=O) groups excluding carboxylic acids is 3. The highest BCUT2D eigenvalue weighted by atomic mass is 16.4. The fraction of sp³-hybridized carbons (Fsp3) is 0.650. The van der Waals surface area contributed by atoms with Crippen LogP contribution in [0.2, 0.25) is 0 Å². The highest BCUT2D eigenvalue weighted by molar-refractivity contribution is 5.93. The Kier molecular flexibility index (Phi) is 10.7. The highest BCUT2D eigenvalue weighted by Gasteiger charge is 2.29. The van der Waals surface area contributed by atoms with E-state index in [9.17, 15) is 19.2 Å². The van der Waals surface area contributed by atoms with Crippen molar-refractivity contribution in [3.8, 4) is 0 Å². The second-order valence-electron chi connectivity index (χ2n) is 8.38. The van der Waals surface area contributed by atoms with E-state index in [1.54, 1.807) is 0 Å². The molecule has 1 aromatic heterocycles. The summed E-state index contributed by atoms with van der Waals surface area (Å²) in [7, 11) is 0. The van der Waals surface area contributed by atoms with Crippen LogP contribution in [0.15, 0.2) is 12.5 Å². The van der Waals surface area contributed by atoms with Gasteiger partial charge >= 0.3 is 5.97 Å². The molecule has 0 spiro atoms. The van der Waals surface area contributed by atoms with Crippen LogP contribution in [0.4, 0.5) is 0 Å². The second-order valence-corrected chi connectivity index (χ2v) is 8.38. The number of carboxylic acids is 1. The lowest BCUT2D eigenvalue weighted by Gasteiger charge is -2.25. The van der Waals surface area contributed by atoms with E-state index in [1.807, 2.05) is 27.7 Å². The maximum atomic E-state index is 13.0. The third-order valence-corrected chi connectivity index (χ3v) is 4.43. The van der Waals surface area contributed by atoms with E-state index in [0.717, 1.165) is 0 Å². The zero-order valence-corrected chi connectivity index (χ0v) is 18.5. The minimum atomic E-state index is -1.20. The minimum absolute atomic E-state index is 0.0758. The van der Waals surface area contributed by atoms with Gasteiger partial charge in [0.2, 0.25) is 17.7 Å². The first-order chi connectivity index (χ1) is 14.5. The molecule has 0 aliphatic rings. The van der Waals surface area contributed by atoms with Crippen LogP contribution >= 0.6 is 0 Å². The first-order valence-electron chi connectivity index (χ1n) is 10.3. The summed E-state index contributed by atoms with van der Waals surface area (Å²) in [6, 6.07) is -2.69. The summed E-state index contributed by atoms with van der Waals surface area (Å²) >= 11 is 0. The lowest BCUT2D eigenvalue weighted by Crippen LogP contribution is -2.57. The Labute approximate surface area is 181 Å². The molecule has 0 aliphatic carbocycles. The molecule has 0 aliphatic heterocycles. The van der Waals surface area contributed by atoms with Gasteiger partial charge in [0.1, 0.15) is 18.6 Å². The molecule has 31 heavy (non-hydrogen) atoms. The smallest absolute Gasteiger partial charge is 0.322 e. The number of nitrogens with one attached hydrogen (secondary N) is 4. The van der Waals surface area contributed by atoms with E-state index in [2.05, 4.69) is 25.9 Å². The molecule has 0 saturated carbocycles. The Morgan fingerprint density at radius 3 is 2.13 bits per heavy atom. The lowest BCUT2D eigenvalue weighted by atomic mass is 10.00. The molecule has 1 rings (SSSR count). The lowest BCUT2D eigenvalue weighted by molar-refractivity contribution is -0.138. The van der Waals surface area contributed by atoms with Gasteiger partial charge in [0, 0.05) is 18.3 Å². The molecule has 0 aromatic carbocycles. The van der Waals surface area contributed by atoms with Crippen LogP contribution in [0.1, 0.15) is 46.2 Å². The van der Waals surface area contributed by atoms with E-state index < -0.39 is 48.4 Å². The predicted molar refractivity (Wildman–Crippen MR) is 114 cm³/mol. The van der Waals surface area contributed by atoms with Gasteiger partial charge < -0.3 is 31.8 Å². The number of nitrogens with two attached hydrogens (primary N) is 1. The number of nitrogens with zero attached hydrogens (tertiary/aromatic N) is 1. The van der Waals surface area contributed by atoms with Gasteiger partial charge in [0.15, 0.2) is 0 Å². The van der Waals surface area contributed by atoms with Crippen LogP contribution in [0, 0.1) is 11.8 Å². The predicted octanol–water partition coefficient (Wildman–Crippen LogP) is -0.458. The van der Waals surface area contributed by atoms with E-state index in [1.165, 1.54) is 12.5 Å². The van der Waals surface area contributed by atoms with Gasteiger partial charge in [-0.1, -0.05) is 27.7 Å². The number of aromatic nitrogens is 2. The second kappa shape index (κ2) is 12.7. The Morgan fingerprint density at radius 2 is 1.61 bits per heavy atom. The van der Waals surface area contributed by atoms with Crippen LogP contribution in [0.3, 0.4) is 0 Å². The number of H-pyrrole nitrogens is 1. The molecule has 174 valence electrons. The average Bonchev–Trinajstić information content (AvgIpc) is 3.17. The molecule has 0 radical (unpaired) electrons. The zero-order valence-electron chi connectivity index (χ0n) is 18.5. The number of aliphatic carboxylic acids is 1. The van der Waals surface area contributed by atoms with Crippen molar-refractivity contribution >= 4 is 23.7 Å². The summed E-state index contributed by atoms with van der Waals surface area (Å²) < 4.78 is 0. The summed E-state index contributed by atoms with van der Waals surface area (Å²) in [6.07, 6.45) is 3.83. The average molecular weight is 439 g/mol. The van der Waals surface area contributed by atoms with Crippen LogP contribution in [-0.2, 0) is 25.6 Å². The number of hydrogen-bond acceptors (Lipinski definition) is 6. The molecule has 0 saturated heterocycles. The van der Waals surface area contributed by atoms with E-state index in [0.29, 0.717) is 18.5 Å². The monoisotopic (exact) mass is 438 g/mol. The van der Waals surface area contributed by atoms with E-state index >= 15 is 0 Å². The quantitative estimate of drug-likeness (QED) is 0.241. The molecule has 0 bridgehead atoms. The number of imidazole rings is 1. The maximum Gasteiger partial charge on any atom is 0.322 e. The molecule has 3 unspecified atom stereocenters. The van der Waals surface area contributed by atoms with Crippen molar-refractivity contribution in [2.45, 2.75) is 65.1 Å². The van der Waals surface area contributed by atoms with Gasteiger partial charge in [-0.3, -0.25) is 19.2 Å². The van der Waals surface area contributed by atoms with Gasteiger partial charge in [-0.25, -0.2) is 4.98 Å². The Balaban J connectivity index is 2.92. The normalized spacial score (nSPS) is 14.0. The Hall–Kier alpha value is -2.95. The van der Waals surface area contributed by atoms with Crippen LogP contribution in [-0.4, -0.2) is 63.4 Å². The first kappa shape index (κ1) is 26.1. The number of hydrogen-bond donors (Lipinski definition) is 6. The first-order valence-corrected chi connectivity index (χ1v) is 10.3. The van der Waals surface area contributed by atoms with Gasteiger partial charge in [0.05, 0.1) is 12.4 Å². The van der Waals surface area contributed by atoms with Crippen molar-refractivity contribution in [3.63, 3.8) is 0 Å². The minimum Gasteiger partial charge on any atom is -0.480 e. The summed E-state index contributed by atoms with van der Waals surface area (Å²) in [5.41, 5.74) is 6.51. The molecule has 3 atom stereocenters. The van der Waals surface area contributed by atoms with Crippen LogP contribution < -0.4 is 21.7 Å². The molecule has 0 fully saturated rings. The van der Waals surface area contributed by atoms with Crippen molar-refractivity contribution in [2.75, 3.05) is 6.54 Å². The van der Waals surface area contributed by atoms with Crippen LogP contribution in [0.5, 0.6) is 0 Å². The summed E-state index contributed by atoms with van der Waals surface area (Å²) in [5.74, 6) is -2.54. The zero-order chi connectivity index (χ0) is 23.6. The van der Waals surface area contributed by atoms with E-state index in [-0.39, 0.29) is 18.3 Å². The molecular weight excluding hydrogens is 404 g/mol. The molecule has 11 nitrogen and oxygen atoms in total. The Bertz CT molecular complexity index is 734. The van der Waals surface area contributed by atoms with Gasteiger partial charge in [-0.2, -0.15) is 0 Å². The van der Waals surface area contributed by atoms with Crippen molar-refractivity contribution < 1.29 is 24.3 Å². The maximum absolute atomic E-state index is 13.0. The van der Waals surface area contributed by atoms with Crippen molar-refractivity contribution in [1.29, 1.82) is 0 Å². The summed E-state index contributed by atoms with van der Waals surface area (Å²) in [6.45, 7) is 7.12. The highest BCUT2D eigenvalue weighted by Crippen LogP contribution is 2.09. The van der Waals surface area contributed by atoms with E-state index in [4.69, 9.17) is 10.8 Å². The van der Waals surface area contributed by atoms with Gasteiger partial charge in [0.25, 0.3) is 0 Å². The SMILES string of the molecule is CC(C)CC(N)C(=O)NC(CC(C)C)C(=O)NC(Cc1cnc[nH]1)C(=O)NCC(=O)O. The molecular formula is C20H34N6O5. The standard InChI is InChI=1S/C20H34N6O5/c1-11(2)5-14(21)18(29)25-15(6-12(3)4)20(31)26-16(7-13-8-22-10-24-13)19(30)23-9-17(27)28/h8,10-12,14-16H,5-7,9,21H2,1-4H3,(H,22,24)(H,23,30)(H,25,29)(H,26,31)(H,27,28). The topological polar surface area (TPSA) is 179 Å². The third kappa shape index (κ3) is 10.1. The third-order valence-electron chi connectivity index (χ3n) is 4.43. The fourth-order valence-electron chi connectivity index (χ4n) is 2.98.